The van der Waals surface area contributed by atoms with Crippen molar-refractivity contribution in [3.8, 4) is 0 Å². The van der Waals surface area contributed by atoms with Gasteiger partial charge in [-0.25, -0.2) is 13.2 Å². The van der Waals surface area contributed by atoms with Gasteiger partial charge in [-0.05, 0) is 49.9 Å². The molecule has 2 aliphatic rings. The van der Waals surface area contributed by atoms with Gasteiger partial charge < -0.3 is 39.7 Å². The van der Waals surface area contributed by atoms with E-state index in [1.807, 2.05) is 0 Å². The number of nitrogens with one attached hydrogen (secondary N) is 1. The highest BCUT2D eigenvalue weighted by atomic mass is 32.2. The fourth-order valence-electron chi connectivity index (χ4n) is 5.41. The number of aryl methyl sites for hydroxylation is 1. The SMILES string of the molecule is CCCN(CC(O)C(Cc1ccccc1)NC(=O)OC1(O)C2CCOC2OC1(O)O)S(=O)(=O)c1ccc2onc(C)c2c1. The molecule has 2 aliphatic heterocycles. The van der Waals surface area contributed by atoms with Crippen molar-refractivity contribution in [1.29, 1.82) is 0 Å². The van der Waals surface area contributed by atoms with Crippen LogP contribution in [0.1, 0.15) is 31.0 Å². The summed E-state index contributed by atoms with van der Waals surface area (Å²) in [7, 11) is -4.11. The van der Waals surface area contributed by atoms with Crippen LogP contribution in [0.2, 0.25) is 0 Å². The number of rotatable bonds is 11. The number of carbonyl (C=O) groups excluding carboxylic acids is 1. The highest BCUT2D eigenvalue weighted by Gasteiger charge is 2.70. The Kier molecular flexibility index (Phi) is 8.79. The van der Waals surface area contributed by atoms with Gasteiger partial charge in [0.15, 0.2) is 11.9 Å². The van der Waals surface area contributed by atoms with Crippen molar-refractivity contribution in [3.63, 3.8) is 0 Å². The molecule has 43 heavy (non-hydrogen) atoms. The van der Waals surface area contributed by atoms with Gasteiger partial charge in [-0.1, -0.05) is 42.4 Å². The van der Waals surface area contributed by atoms with Gasteiger partial charge in [0.25, 0.3) is 0 Å². The number of hydrogen-bond donors (Lipinski definition) is 5. The second-order valence-corrected chi connectivity index (χ2v) is 12.7. The molecule has 5 unspecified atom stereocenters. The van der Waals surface area contributed by atoms with Crippen LogP contribution in [0, 0.1) is 12.8 Å². The fourth-order valence-corrected chi connectivity index (χ4v) is 6.98. The molecule has 0 saturated carbocycles. The number of amides is 1. The van der Waals surface area contributed by atoms with Crippen LogP contribution in [0.3, 0.4) is 0 Å². The maximum atomic E-state index is 13.7. The van der Waals surface area contributed by atoms with E-state index < -0.39 is 58.8 Å². The van der Waals surface area contributed by atoms with E-state index in [9.17, 15) is 33.6 Å². The molecule has 1 amide bonds. The highest BCUT2D eigenvalue weighted by Crippen LogP contribution is 2.47. The lowest BCUT2D eigenvalue weighted by Gasteiger charge is -2.34. The van der Waals surface area contributed by atoms with E-state index in [4.69, 9.17) is 18.7 Å². The first-order chi connectivity index (χ1) is 20.4. The Bertz CT molecular complexity index is 1550. The molecule has 0 radical (unpaired) electrons. The number of alkyl carbamates (subject to hydrolysis) is 1. The van der Waals surface area contributed by atoms with Crippen molar-refractivity contribution in [2.24, 2.45) is 5.92 Å². The number of hydrogen-bond acceptors (Lipinski definition) is 12. The van der Waals surface area contributed by atoms with E-state index in [0.29, 0.717) is 28.6 Å². The lowest BCUT2D eigenvalue weighted by atomic mass is 9.97. The quantitative estimate of drug-likeness (QED) is 0.190. The maximum Gasteiger partial charge on any atom is 0.410 e. The third-order valence-electron chi connectivity index (χ3n) is 7.73. The maximum absolute atomic E-state index is 13.7. The summed E-state index contributed by atoms with van der Waals surface area (Å²) in [5, 5.41) is 49.8. The van der Waals surface area contributed by atoms with Crippen molar-refractivity contribution >= 4 is 27.1 Å². The number of fused-ring (bicyclic) bond motifs is 2. The van der Waals surface area contributed by atoms with Crippen LogP contribution in [0.15, 0.2) is 57.9 Å². The Morgan fingerprint density at radius 1 is 1.21 bits per heavy atom. The van der Waals surface area contributed by atoms with Crippen LogP contribution in [0.4, 0.5) is 4.79 Å². The zero-order valence-corrected chi connectivity index (χ0v) is 24.4. The number of sulfonamides is 1. The monoisotopic (exact) mass is 621 g/mol. The summed E-state index contributed by atoms with van der Waals surface area (Å²) in [5.41, 5.74) is 1.67. The number of aliphatic hydroxyl groups excluding tert-OH is 1. The normalized spacial score (nSPS) is 24.6. The van der Waals surface area contributed by atoms with Crippen LogP contribution >= 0.6 is 0 Å². The van der Waals surface area contributed by atoms with Gasteiger partial charge in [0.05, 0.1) is 35.3 Å². The second-order valence-electron chi connectivity index (χ2n) is 10.7. The molecule has 14 nitrogen and oxygen atoms in total. The predicted molar refractivity (Wildman–Crippen MR) is 148 cm³/mol. The largest absolute Gasteiger partial charge is 0.410 e. The number of aromatic nitrogens is 1. The predicted octanol–water partition coefficient (Wildman–Crippen LogP) is 0.955. The van der Waals surface area contributed by atoms with E-state index in [-0.39, 0.29) is 30.9 Å². The Hall–Kier alpha value is -3.15. The molecule has 1 aromatic heterocycles. The molecular formula is C28H35N3O11S. The first-order valence-electron chi connectivity index (χ1n) is 13.9. The summed E-state index contributed by atoms with van der Waals surface area (Å²) < 4.78 is 49.0. The average molecular weight is 622 g/mol. The summed E-state index contributed by atoms with van der Waals surface area (Å²) in [6.07, 6.45) is -3.34. The zero-order valence-electron chi connectivity index (χ0n) is 23.6. The summed E-state index contributed by atoms with van der Waals surface area (Å²) in [6.45, 7) is 3.30. The second kappa shape index (κ2) is 12.1. The minimum absolute atomic E-state index is 0.0158. The molecule has 15 heteroatoms. The fraction of sp³-hybridized carbons (Fsp3) is 0.500. The smallest absolute Gasteiger partial charge is 0.407 e. The first-order valence-corrected chi connectivity index (χ1v) is 15.3. The standard InChI is InChI=1S/C28H35N3O11S/c1-3-12-31(43(37,38)19-9-10-24-20(15-19)17(2)30-42-24)16-23(32)22(14-18-7-5-4-6-8-18)29-26(33)41-27(34)21-11-13-39-25(21)40-28(27,35)36/h4-10,15,21-23,25,32,34-36H,3,11-14,16H2,1-2H3,(H,29,33). The molecule has 0 aliphatic carbocycles. The number of ether oxygens (including phenoxy) is 3. The number of nitrogens with zero attached hydrogens (tertiary/aromatic N) is 2. The molecule has 3 aromatic rings. The van der Waals surface area contributed by atoms with Gasteiger partial charge in [0, 0.05) is 18.5 Å². The van der Waals surface area contributed by atoms with E-state index in [1.54, 1.807) is 44.2 Å². The third-order valence-corrected chi connectivity index (χ3v) is 9.59. The first kappa shape index (κ1) is 31.3. The van der Waals surface area contributed by atoms with Gasteiger partial charge in [-0.2, -0.15) is 4.31 Å². The van der Waals surface area contributed by atoms with E-state index in [2.05, 4.69) is 10.5 Å². The summed E-state index contributed by atoms with van der Waals surface area (Å²) in [5.74, 6) is -7.19. The Balaban J connectivity index is 1.37. The van der Waals surface area contributed by atoms with Crippen LogP contribution in [0.25, 0.3) is 11.0 Å². The van der Waals surface area contributed by atoms with Crippen LogP contribution in [-0.2, 0) is 30.7 Å². The molecule has 0 spiro atoms. The Morgan fingerprint density at radius 3 is 2.67 bits per heavy atom. The van der Waals surface area contributed by atoms with Gasteiger partial charge in [-0.3, -0.25) is 4.74 Å². The molecule has 3 heterocycles. The molecule has 5 rings (SSSR count). The molecule has 5 N–H and O–H groups in total. The molecule has 234 valence electrons. The van der Waals surface area contributed by atoms with Crippen LogP contribution in [-0.4, -0.2) is 94.3 Å². The van der Waals surface area contributed by atoms with E-state index in [0.717, 1.165) is 4.31 Å². The van der Waals surface area contributed by atoms with Crippen LogP contribution < -0.4 is 5.32 Å². The van der Waals surface area contributed by atoms with Crippen molar-refractivity contribution in [1.82, 2.24) is 14.8 Å². The number of aliphatic hydroxyl groups is 4. The summed E-state index contributed by atoms with van der Waals surface area (Å²) in [6, 6.07) is 12.1. The topological polar surface area (TPSA) is 201 Å². The molecule has 5 atom stereocenters. The molecule has 2 fully saturated rings. The van der Waals surface area contributed by atoms with Crippen molar-refractivity contribution in [2.75, 3.05) is 19.7 Å². The number of carbonyl (C=O) groups is 1. The Labute approximate surface area is 247 Å². The number of benzene rings is 2. The lowest BCUT2D eigenvalue weighted by molar-refractivity contribution is -0.439. The Morgan fingerprint density at radius 2 is 1.95 bits per heavy atom. The van der Waals surface area contributed by atoms with Crippen LogP contribution in [0.5, 0.6) is 0 Å². The van der Waals surface area contributed by atoms with E-state index in [1.165, 1.54) is 18.2 Å². The van der Waals surface area contributed by atoms with Crippen molar-refractivity contribution in [2.45, 2.75) is 68.2 Å². The van der Waals surface area contributed by atoms with Gasteiger partial charge >= 0.3 is 17.9 Å². The average Bonchev–Trinajstić information content (AvgIpc) is 3.62. The van der Waals surface area contributed by atoms with Gasteiger partial charge in [-0.15, -0.1) is 0 Å². The molecule has 0 bridgehead atoms. The van der Waals surface area contributed by atoms with E-state index >= 15 is 0 Å². The van der Waals surface area contributed by atoms with Crippen molar-refractivity contribution in [3.05, 3.63) is 59.8 Å². The zero-order chi connectivity index (χ0) is 31.0. The molecule has 2 aromatic carbocycles. The molecular weight excluding hydrogens is 586 g/mol. The minimum Gasteiger partial charge on any atom is -0.407 e. The third kappa shape index (κ3) is 6.12. The summed E-state index contributed by atoms with van der Waals surface area (Å²) in [4.78, 5) is 13.1. The van der Waals surface area contributed by atoms with Crippen molar-refractivity contribution < 1.29 is 52.4 Å². The van der Waals surface area contributed by atoms with Gasteiger partial charge in [0.2, 0.25) is 10.0 Å². The highest BCUT2D eigenvalue weighted by molar-refractivity contribution is 7.89. The minimum atomic E-state index is -4.11. The summed E-state index contributed by atoms with van der Waals surface area (Å²) >= 11 is 0. The molecule has 2 saturated heterocycles. The van der Waals surface area contributed by atoms with Gasteiger partial charge in [0.1, 0.15) is 0 Å². The lowest BCUT2D eigenvalue weighted by Crippen LogP contribution is -2.59.